The average molecular weight is 241 g/mol. The van der Waals surface area contributed by atoms with Crippen LogP contribution in [0.1, 0.15) is 37.8 Å². The van der Waals surface area contributed by atoms with Crippen LogP contribution in [0.15, 0.2) is 24.3 Å². The summed E-state index contributed by atoms with van der Waals surface area (Å²) in [5, 5.41) is 0. The van der Waals surface area contributed by atoms with Gasteiger partial charge in [-0.15, -0.1) is 0 Å². The molecule has 1 aromatic carbocycles. The second-order valence-corrected chi connectivity index (χ2v) is 5.09. The van der Waals surface area contributed by atoms with E-state index < -0.39 is 0 Å². The molecule has 0 aliphatic rings. The van der Waals surface area contributed by atoms with E-state index in [2.05, 4.69) is 6.92 Å². The highest BCUT2D eigenvalue weighted by molar-refractivity contribution is 7.99. The lowest BCUT2D eigenvalue weighted by molar-refractivity contribution is 0.622. The number of unbranched alkanes of at least 4 members (excludes halogenated alkanes) is 2. The highest BCUT2D eigenvalue weighted by atomic mass is 32.2. The molecule has 1 rings (SSSR count). The van der Waals surface area contributed by atoms with Crippen LogP contribution in [0.3, 0.4) is 0 Å². The third kappa shape index (κ3) is 4.99. The van der Waals surface area contributed by atoms with Gasteiger partial charge in [0.25, 0.3) is 0 Å². The summed E-state index contributed by atoms with van der Waals surface area (Å²) in [4.78, 5) is 0. The van der Waals surface area contributed by atoms with Crippen molar-refractivity contribution < 1.29 is 4.39 Å². The first-order chi connectivity index (χ1) is 7.74. The molecule has 2 N–H and O–H groups in total. The van der Waals surface area contributed by atoms with Crippen molar-refractivity contribution in [3.63, 3.8) is 0 Å². The van der Waals surface area contributed by atoms with Gasteiger partial charge in [-0.3, -0.25) is 0 Å². The molecule has 0 spiro atoms. The topological polar surface area (TPSA) is 26.0 Å². The molecule has 1 aromatic rings. The van der Waals surface area contributed by atoms with Crippen molar-refractivity contribution in [1.82, 2.24) is 0 Å². The van der Waals surface area contributed by atoms with Crippen LogP contribution in [-0.2, 0) is 0 Å². The minimum absolute atomic E-state index is 0.0534. The summed E-state index contributed by atoms with van der Waals surface area (Å²) in [5.74, 6) is 1.81. The third-order valence-electron chi connectivity index (χ3n) is 2.47. The fraction of sp³-hybridized carbons (Fsp3) is 0.538. The predicted octanol–water partition coefficient (Wildman–Crippen LogP) is 3.75. The van der Waals surface area contributed by atoms with Crippen LogP contribution in [0, 0.1) is 5.82 Å². The first-order valence-corrected chi connectivity index (χ1v) is 6.98. The Hall–Kier alpha value is -0.540. The van der Waals surface area contributed by atoms with Crippen LogP contribution in [0.4, 0.5) is 4.39 Å². The maximum absolute atomic E-state index is 13.0. The van der Waals surface area contributed by atoms with Gasteiger partial charge in [0.2, 0.25) is 0 Å². The van der Waals surface area contributed by atoms with E-state index in [0.717, 1.165) is 17.1 Å². The number of benzene rings is 1. The van der Waals surface area contributed by atoms with E-state index in [-0.39, 0.29) is 11.9 Å². The highest BCUT2D eigenvalue weighted by Crippen LogP contribution is 2.17. The standard InChI is InChI=1S/C13H20FNS/c1-2-3-4-8-16-10-13(15)11-6-5-7-12(14)9-11/h5-7,9,13H,2-4,8,10,15H2,1H3. The molecule has 0 aliphatic heterocycles. The van der Waals surface area contributed by atoms with E-state index >= 15 is 0 Å². The molecule has 1 nitrogen and oxygen atoms in total. The zero-order chi connectivity index (χ0) is 11.8. The molecule has 90 valence electrons. The van der Waals surface area contributed by atoms with Crippen LogP contribution in [-0.4, -0.2) is 11.5 Å². The summed E-state index contributed by atoms with van der Waals surface area (Å²) < 4.78 is 13.0. The van der Waals surface area contributed by atoms with E-state index in [1.807, 2.05) is 17.8 Å². The van der Waals surface area contributed by atoms with E-state index in [9.17, 15) is 4.39 Å². The molecule has 0 aliphatic carbocycles. The minimum atomic E-state index is -0.205. The molecular formula is C13H20FNS. The van der Waals surface area contributed by atoms with Crippen molar-refractivity contribution in [3.8, 4) is 0 Å². The van der Waals surface area contributed by atoms with Gasteiger partial charge in [-0.25, -0.2) is 4.39 Å². The summed E-state index contributed by atoms with van der Waals surface area (Å²) in [6, 6.07) is 6.52. The fourth-order valence-electron chi connectivity index (χ4n) is 1.50. The maximum atomic E-state index is 13.0. The molecule has 0 fully saturated rings. The van der Waals surface area contributed by atoms with Gasteiger partial charge in [-0.1, -0.05) is 31.9 Å². The van der Waals surface area contributed by atoms with Crippen molar-refractivity contribution in [2.24, 2.45) is 5.73 Å². The van der Waals surface area contributed by atoms with Gasteiger partial charge in [-0.2, -0.15) is 11.8 Å². The lowest BCUT2D eigenvalue weighted by Crippen LogP contribution is -2.13. The highest BCUT2D eigenvalue weighted by Gasteiger charge is 2.06. The Morgan fingerprint density at radius 1 is 1.38 bits per heavy atom. The Kier molecular flexibility index (Phi) is 6.50. The van der Waals surface area contributed by atoms with Gasteiger partial charge < -0.3 is 5.73 Å². The number of nitrogens with two attached hydrogens (primary N) is 1. The van der Waals surface area contributed by atoms with Crippen molar-refractivity contribution in [3.05, 3.63) is 35.6 Å². The molecule has 0 heterocycles. The summed E-state index contributed by atoms with van der Waals surface area (Å²) >= 11 is 1.85. The molecule has 0 saturated heterocycles. The van der Waals surface area contributed by atoms with E-state index in [0.29, 0.717) is 0 Å². The third-order valence-corrected chi connectivity index (χ3v) is 3.64. The van der Waals surface area contributed by atoms with Crippen LogP contribution >= 0.6 is 11.8 Å². The SMILES string of the molecule is CCCCCSCC(N)c1cccc(F)c1. The molecule has 0 radical (unpaired) electrons. The number of thioether (sulfide) groups is 1. The summed E-state index contributed by atoms with van der Waals surface area (Å²) in [7, 11) is 0. The molecular weight excluding hydrogens is 221 g/mol. The molecule has 0 bridgehead atoms. The van der Waals surface area contributed by atoms with E-state index in [4.69, 9.17) is 5.73 Å². The second-order valence-electron chi connectivity index (χ2n) is 3.94. The van der Waals surface area contributed by atoms with E-state index in [1.165, 1.54) is 31.4 Å². The van der Waals surface area contributed by atoms with Crippen molar-refractivity contribution in [1.29, 1.82) is 0 Å². The number of rotatable bonds is 7. The molecule has 1 unspecified atom stereocenters. The monoisotopic (exact) mass is 241 g/mol. The molecule has 0 amide bonds. The molecule has 3 heteroatoms. The van der Waals surface area contributed by atoms with Crippen molar-refractivity contribution in [2.45, 2.75) is 32.2 Å². The summed E-state index contributed by atoms with van der Waals surface area (Å²) in [6.07, 6.45) is 3.77. The number of hydrogen-bond donors (Lipinski definition) is 1. The van der Waals surface area contributed by atoms with Crippen molar-refractivity contribution >= 4 is 11.8 Å². The van der Waals surface area contributed by atoms with Gasteiger partial charge in [0.15, 0.2) is 0 Å². The molecule has 16 heavy (non-hydrogen) atoms. The first-order valence-electron chi connectivity index (χ1n) is 5.83. The Bertz CT molecular complexity index is 304. The zero-order valence-electron chi connectivity index (χ0n) is 9.79. The lowest BCUT2D eigenvalue weighted by Gasteiger charge is -2.11. The Balaban J connectivity index is 2.27. The minimum Gasteiger partial charge on any atom is -0.323 e. The number of halogens is 1. The Labute approximate surface area is 102 Å². The van der Waals surface area contributed by atoms with Crippen LogP contribution in [0.25, 0.3) is 0 Å². The summed E-state index contributed by atoms with van der Waals surface area (Å²) in [5.41, 5.74) is 6.88. The number of hydrogen-bond acceptors (Lipinski definition) is 2. The molecule has 0 saturated carbocycles. The first kappa shape index (κ1) is 13.5. The van der Waals surface area contributed by atoms with Gasteiger partial charge >= 0.3 is 0 Å². The Morgan fingerprint density at radius 2 is 2.19 bits per heavy atom. The van der Waals surface area contributed by atoms with E-state index in [1.54, 1.807) is 6.07 Å². The second kappa shape index (κ2) is 7.69. The maximum Gasteiger partial charge on any atom is 0.123 e. The molecule has 1 atom stereocenters. The smallest absolute Gasteiger partial charge is 0.123 e. The van der Waals surface area contributed by atoms with Gasteiger partial charge in [-0.05, 0) is 29.9 Å². The quantitative estimate of drug-likeness (QED) is 0.736. The van der Waals surface area contributed by atoms with Crippen LogP contribution in [0.5, 0.6) is 0 Å². The Morgan fingerprint density at radius 3 is 2.88 bits per heavy atom. The van der Waals surface area contributed by atoms with Crippen LogP contribution in [0.2, 0.25) is 0 Å². The van der Waals surface area contributed by atoms with Gasteiger partial charge in [0.05, 0.1) is 0 Å². The largest absolute Gasteiger partial charge is 0.323 e. The predicted molar refractivity (Wildman–Crippen MR) is 70.2 cm³/mol. The van der Waals surface area contributed by atoms with Crippen LogP contribution < -0.4 is 5.73 Å². The van der Waals surface area contributed by atoms with Gasteiger partial charge in [0.1, 0.15) is 5.82 Å². The zero-order valence-corrected chi connectivity index (χ0v) is 10.6. The van der Waals surface area contributed by atoms with Gasteiger partial charge in [0, 0.05) is 11.8 Å². The van der Waals surface area contributed by atoms with Crippen molar-refractivity contribution in [2.75, 3.05) is 11.5 Å². The molecule has 0 aromatic heterocycles. The lowest BCUT2D eigenvalue weighted by atomic mass is 10.1. The fourth-order valence-corrected chi connectivity index (χ4v) is 2.52. The normalized spacial score (nSPS) is 12.7. The average Bonchev–Trinajstić information content (AvgIpc) is 2.28. The summed E-state index contributed by atoms with van der Waals surface area (Å²) in [6.45, 7) is 2.20.